The Morgan fingerprint density at radius 1 is 0.980 bits per heavy atom. The summed E-state index contributed by atoms with van der Waals surface area (Å²) >= 11 is 0. The van der Waals surface area contributed by atoms with Gasteiger partial charge in [-0.05, 0) is 85.7 Å². The van der Waals surface area contributed by atoms with Gasteiger partial charge in [0.1, 0.15) is 12.3 Å². The van der Waals surface area contributed by atoms with Crippen molar-refractivity contribution in [2.45, 2.75) is 77.0 Å². The number of nitrogens with one attached hydrogen (secondary N) is 4. The largest absolute Gasteiger partial charge is 0.354 e. The second-order valence-electron chi connectivity index (χ2n) is 13.6. The van der Waals surface area contributed by atoms with Gasteiger partial charge in [-0.2, -0.15) is 0 Å². The molecular formula is C40H55N7O4. The highest BCUT2D eigenvalue weighted by molar-refractivity contribution is 5.98. The van der Waals surface area contributed by atoms with Crippen LogP contribution in [0.4, 0.5) is 5.69 Å². The number of epoxide rings is 1. The van der Waals surface area contributed by atoms with E-state index < -0.39 is 0 Å². The Labute approximate surface area is 305 Å². The number of amides is 3. The number of aromatic nitrogens is 2. The van der Waals surface area contributed by atoms with E-state index in [4.69, 9.17) is 4.74 Å². The number of pyridine rings is 2. The van der Waals surface area contributed by atoms with E-state index in [0.717, 1.165) is 28.9 Å². The molecule has 11 heteroatoms. The first-order chi connectivity index (χ1) is 24.7. The van der Waals surface area contributed by atoms with Gasteiger partial charge in [0, 0.05) is 73.7 Å². The van der Waals surface area contributed by atoms with Crippen LogP contribution >= 0.6 is 0 Å². The van der Waals surface area contributed by atoms with Crippen LogP contribution in [0.2, 0.25) is 0 Å². The molecule has 2 fully saturated rings. The monoisotopic (exact) mass is 697 g/mol. The highest BCUT2D eigenvalue weighted by Crippen LogP contribution is 2.40. The summed E-state index contributed by atoms with van der Waals surface area (Å²) in [6.45, 7) is 6.90. The van der Waals surface area contributed by atoms with Crippen LogP contribution in [-0.4, -0.2) is 59.1 Å². The van der Waals surface area contributed by atoms with Crippen LogP contribution < -0.4 is 26.2 Å². The molecule has 3 unspecified atom stereocenters. The molecular weight excluding hydrogens is 642 g/mol. The summed E-state index contributed by atoms with van der Waals surface area (Å²) in [7, 11) is 0. The average Bonchev–Trinajstić information content (AvgIpc) is 4.09. The van der Waals surface area contributed by atoms with Crippen molar-refractivity contribution in [2.24, 2.45) is 5.92 Å². The third kappa shape index (κ3) is 10.3. The molecule has 4 N–H and O–H groups in total. The Hall–Kier alpha value is -4.97. The molecule has 274 valence electrons. The van der Waals surface area contributed by atoms with Crippen molar-refractivity contribution in [3.05, 3.63) is 125 Å². The van der Waals surface area contributed by atoms with Gasteiger partial charge in [0.2, 0.25) is 11.8 Å². The number of anilines is 1. The lowest BCUT2D eigenvalue weighted by Gasteiger charge is -2.23. The second-order valence-corrected chi connectivity index (χ2v) is 13.6. The van der Waals surface area contributed by atoms with Gasteiger partial charge in [-0.25, -0.2) is 0 Å². The minimum absolute atomic E-state index is 0. The standard InChI is InChI=1S/C40H47N7O4.4H2/c1-26(31-12-9-16-41-23-31)45-39(50)33-18-32(19-36(20-33)47(28(3)48)25-30-10-5-4-6-11-30)37-40(51-37)46-35(21-34-13-7-8-17-42-34)24-43-27(2)38(49)44-22-29-14-15-29;;;;/h4-13,16-20,23,26-27,29,35,37,40,43,46H,14-15,21-22,24-25H2,1-3H3,(H,44,49)(H,45,50);4*1H/t26?,27-,35-,37?,40?;;;;/m0..../s1. The van der Waals surface area contributed by atoms with Crippen LogP contribution in [0.25, 0.3) is 0 Å². The van der Waals surface area contributed by atoms with E-state index in [1.807, 2.05) is 86.6 Å². The quantitative estimate of drug-likeness (QED) is 0.105. The van der Waals surface area contributed by atoms with E-state index in [-0.39, 0.29) is 53.9 Å². The number of hydrogen-bond acceptors (Lipinski definition) is 8. The van der Waals surface area contributed by atoms with E-state index in [2.05, 4.69) is 31.2 Å². The van der Waals surface area contributed by atoms with Crippen LogP contribution in [-0.2, 0) is 27.3 Å². The lowest BCUT2D eigenvalue weighted by atomic mass is 10.0. The smallest absolute Gasteiger partial charge is 0.251 e. The molecule has 3 amide bonds. The molecule has 0 spiro atoms. The van der Waals surface area contributed by atoms with E-state index in [0.29, 0.717) is 36.7 Å². The van der Waals surface area contributed by atoms with E-state index in [1.54, 1.807) is 29.6 Å². The fraction of sp³-hybridized carbons (Fsp3) is 0.375. The summed E-state index contributed by atoms with van der Waals surface area (Å²) in [5, 5.41) is 13.1. The Morgan fingerprint density at radius 2 is 1.78 bits per heavy atom. The van der Waals surface area contributed by atoms with Gasteiger partial charge >= 0.3 is 0 Å². The predicted molar refractivity (Wildman–Crippen MR) is 204 cm³/mol. The minimum Gasteiger partial charge on any atom is -0.354 e. The van der Waals surface area contributed by atoms with Gasteiger partial charge in [-0.1, -0.05) is 42.5 Å². The summed E-state index contributed by atoms with van der Waals surface area (Å²) in [5.74, 6) is 0.187. The third-order valence-electron chi connectivity index (χ3n) is 9.34. The molecule has 2 aliphatic rings. The fourth-order valence-electron chi connectivity index (χ4n) is 6.05. The lowest BCUT2D eigenvalue weighted by molar-refractivity contribution is -0.122. The summed E-state index contributed by atoms with van der Waals surface area (Å²) in [6.07, 6.45) is 7.47. The molecule has 2 aromatic heterocycles. The SMILES string of the molecule is CC(=O)N(Cc1ccccc1)c1cc(C(=O)NC(C)c2cccnc2)cc(C2OC2N[C@H](CN[C@@H](C)C(=O)NCC2CC2)Cc2ccccn2)c1.[HH].[HH].[HH].[HH]. The van der Waals surface area contributed by atoms with Crippen molar-refractivity contribution in [2.75, 3.05) is 18.0 Å². The minimum atomic E-state index is -0.360. The summed E-state index contributed by atoms with van der Waals surface area (Å²) in [4.78, 5) is 49.9. The Balaban J connectivity index is 0.00000261. The zero-order chi connectivity index (χ0) is 35.7. The molecule has 1 aliphatic carbocycles. The molecule has 4 aromatic rings. The molecule has 0 bridgehead atoms. The van der Waals surface area contributed by atoms with Crippen LogP contribution in [0.1, 0.15) is 84.2 Å². The summed E-state index contributed by atoms with van der Waals surface area (Å²) in [6, 6.07) is 24.1. The number of benzene rings is 2. The van der Waals surface area contributed by atoms with Crippen molar-refractivity contribution >= 4 is 23.4 Å². The van der Waals surface area contributed by atoms with Gasteiger partial charge in [-0.3, -0.25) is 29.7 Å². The lowest BCUT2D eigenvalue weighted by Crippen LogP contribution is -2.49. The van der Waals surface area contributed by atoms with Crippen molar-refractivity contribution in [1.29, 1.82) is 0 Å². The molecule has 1 aliphatic heterocycles. The maximum Gasteiger partial charge on any atom is 0.251 e. The van der Waals surface area contributed by atoms with E-state index in [1.165, 1.54) is 19.8 Å². The highest BCUT2D eigenvalue weighted by atomic mass is 16.6. The molecule has 11 nitrogen and oxygen atoms in total. The molecule has 1 saturated carbocycles. The highest BCUT2D eigenvalue weighted by Gasteiger charge is 2.42. The van der Waals surface area contributed by atoms with E-state index >= 15 is 0 Å². The van der Waals surface area contributed by atoms with Crippen molar-refractivity contribution in [1.82, 2.24) is 31.2 Å². The number of nitrogens with zero attached hydrogens (tertiary/aromatic N) is 3. The van der Waals surface area contributed by atoms with Crippen molar-refractivity contribution in [3.63, 3.8) is 0 Å². The van der Waals surface area contributed by atoms with Crippen LogP contribution in [0.15, 0.2) is 97.5 Å². The normalized spacial score (nSPS) is 18.3. The molecule has 51 heavy (non-hydrogen) atoms. The van der Waals surface area contributed by atoms with Gasteiger partial charge < -0.3 is 25.6 Å². The van der Waals surface area contributed by atoms with Crippen LogP contribution in [0, 0.1) is 5.92 Å². The van der Waals surface area contributed by atoms with Crippen LogP contribution in [0.3, 0.4) is 0 Å². The Bertz CT molecular complexity index is 1790. The Kier molecular flexibility index (Phi) is 11.8. The average molecular weight is 698 g/mol. The molecule has 5 atom stereocenters. The predicted octanol–water partition coefficient (Wildman–Crippen LogP) is 5.61. The number of hydrogen-bond donors (Lipinski definition) is 4. The molecule has 6 rings (SSSR count). The van der Waals surface area contributed by atoms with Gasteiger partial charge in [0.25, 0.3) is 5.91 Å². The molecule has 3 heterocycles. The first kappa shape index (κ1) is 35.8. The van der Waals surface area contributed by atoms with Gasteiger partial charge in [0.15, 0.2) is 0 Å². The third-order valence-corrected chi connectivity index (χ3v) is 9.34. The number of carbonyl (C=O) groups excluding carboxylic acids is 3. The maximum absolute atomic E-state index is 13.7. The zero-order valence-electron chi connectivity index (χ0n) is 29.4. The molecule has 1 saturated heterocycles. The zero-order valence-corrected chi connectivity index (χ0v) is 29.4. The number of ether oxygens (including phenoxy) is 1. The number of rotatable bonds is 17. The molecule has 2 aromatic carbocycles. The van der Waals surface area contributed by atoms with Crippen molar-refractivity contribution in [3.8, 4) is 0 Å². The van der Waals surface area contributed by atoms with Gasteiger partial charge in [-0.15, -0.1) is 0 Å². The molecule has 0 radical (unpaired) electrons. The van der Waals surface area contributed by atoms with Crippen LogP contribution in [0.5, 0.6) is 0 Å². The second kappa shape index (κ2) is 16.8. The van der Waals surface area contributed by atoms with Crippen molar-refractivity contribution < 1.29 is 24.8 Å². The van der Waals surface area contributed by atoms with E-state index in [9.17, 15) is 14.4 Å². The number of carbonyl (C=O) groups is 3. The summed E-state index contributed by atoms with van der Waals surface area (Å²) in [5.41, 5.74) is 4.58. The topological polar surface area (TPSA) is 141 Å². The first-order valence-electron chi connectivity index (χ1n) is 17.7. The fourth-order valence-corrected chi connectivity index (χ4v) is 6.05. The maximum atomic E-state index is 13.7. The first-order valence-corrected chi connectivity index (χ1v) is 17.7. The van der Waals surface area contributed by atoms with Gasteiger partial charge in [0.05, 0.1) is 18.6 Å². The summed E-state index contributed by atoms with van der Waals surface area (Å²) < 4.78 is 6.21. The Morgan fingerprint density at radius 3 is 2.49 bits per heavy atom.